The van der Waals surface area contributed by atoms with Crippen LogP contribution in [0.1, 0.15) is 32.1 Å². The molecule has 4 rings (SSSR count). The van der Waals surface area contributed by atoms with Crippen LogP contribution in [0.4, 0.5) is 4.39 Å². The van der Waals surface area contributed by atoms with Gasteiger partial charge in [-0.2, -0.15) is 4.80 Å². The second kappa shape index (κ2) is 7.72. The number of carbonyl (C=O) groups excluding carboxylic acids is 1. The average molecular weight is 372 g/mol. The van der Waals surface area contributed by atoms with Gasteiger partial charge in [0.15, 0.2) is 0 Å². The topological polar surface area (TPSA) is 75.9 Å². The molecule has 7 nitrogen and oxygen atoms in total. The molecule has 2 aliphatic rings. The van der Waals surface area contributed by atoms with Gasteiger partial charge in [0.2, 0.25) is 11.7 Å². The van der Waals surface area contributed by atoms with Crippen LogP contribution in [0.15, 0.2) is 24.3 Å². The minimum absolute atomic E-state index is 0.222. The molecule has 0 aliphatic carbocycles. The summed E-state index contributed by atoms with van der Waals surface area (Å²) in [6.45, 7) is 4.40. The number of amides is 1. The standard InChI is InChI=1S/C19H25FN6O/c20-16-6-4-15(5-7-16)18-22-24-26(23-18)12-1-3-17(27)25-11-2-8-19(14-25)9-10-21-13-19/h4-7,21H,1-3,8-14H2/t19-/m0/s1. The van der Waals surface area contributed by atoms with Gasteiger partial charge >= 0.3 is 0 Å². The quantitative estimate of drug-likeness (QED) is 0.867. The molecule has 27 heavy (non-hydrogen) atoms. The number of piperidine rings is 1. The number of benzene rings is 1. The lowest BCUT2D eigenvalue weighted by Gasteiger charge is -2.40. The molecule has 2 aliphatic heterocycles. The number of aromatic nitrogens is 4. The van der Waals surface area contributed by atoms with Crippen molar-refractivity contribution >= 4 is 5.91 Å². The second-order valence-corrected chi connectivity index (χ2v) is 7.67. The molecule has 0 unspecified atom stereocenters. The molecule has 144 valence electrons. The van der Waals surface area contributed by atoms with Crippen molar-refractivity contribution in [3.8, 4) is 11.4 Å². The number of tetrazole rings is 1. The van der Waals surface area contributed by atoms with Crippen molar-refractivity contribution in [2.24, 2.45) is 5.41 Å². The zero-order valence-electron chi connectivity index (χ0n) is 15.4. The Bertz CT molecular complexity index is 784. The Morgan fingerprint density at radius 3 is 2.89 bits per heavy atom. The van der Waals surface area contributed by atoms with E-state index in [-0.39, 0.29) is 11.7 Å². The third kappa shape index (κ3) is 4.16. The Morgan fingerprint density at radius 2 is 2.11 bits per heavy atom. The van der Waals surface area contributed by atoms with E-state index >= 15 is 0 Å². The molecule has 1 amide bonds. The predicted octanol–water partition coefficient (Wildman–Crippen LogP) is 1.86. The van der Waals surface area contributed by atoms with Gasteiger partial charge < -0.3 is 10.2 Å². The molecule has 1 spiro atoms. The maximum Gasteiger partial charge on any atom is 0.222 e. The van der Waals surface area contributed by atoms with E-state index in [1.165, 1.54) is 29.8 Å². The highest BCUT2D eigenvalue weighted by Crippen LogP contribution is 2.35. The molecule has 8 heteroatoms. The molecule has 3 heterocycles. The summed E-state index contributed by atoms with van der Waals surface area (Å²) in [5.41, 5.74) is 1.02. The second-order valence-electron chi connectivity index (χ2n) is 7.67. The monoisotopic (exact) mass is 372 g/mol. The van der Waals surface area contributed by atoms with E-state index in [0.717, 1.165) is 38.2 Å². The molecule has 1 atom stereocenters. The number of halogens is 1. The highest BCUT2D eigenvalue weighted by atomic mass is 19.1. The minimum atomic E-state index is -0.294. The summed E-state index contributed by atoms with van der Waals surface area (Å²) in [6, 6.07) is 6.01. The van der Waals surface area contributed by atoms with Crippen LogP contribution in [0.25, 0.3) is 11.4 Å². The van der Waals surface area contributed by atoms with E-state index < -0.39 is 0 Å². The Kier molecular flexibility index (Phi) is 5.15. The van der Waals surface area contributed by atoms with Crippen molar-refractivity contribution in [3.05, 3.63) is 30.1 Å². The van der Waals surface area contributed by atoms with Crippen LogP contribution in [-0.2, 0) is 11.3 Å². The van der Waals surface area contributed by atoms with Gasteiger partial charge in [0.25, 0.3) is 0 Å². The van der Waals surface area contributed by atoms with Gasteiger partial charge in [-0.05, 0) is 61.7 Å². The molecule has 1 aromatic heterocycles. The Labute approximate surface area is 157 Å². The largest absolute Gasteiger partial charge is 0.342 e. The smallest absolute Gasteiger partial charge is 0.222 e. The number of hydrogen-bond donors (Lipinski definition) is 1. The van der Waals surface area contributed by atoms with Crippen molar-refractivity contribution in [1.82, 2.24) is 30.4 Å². The Balaban J connectivity index is 1.27. The molecule has 0 bridgehead atoms. The maximum atomic E-state index is 13.0. The lowest BCUT2D eigenvalue weighted by molar-refractivity contribution is -0.134. The van der Waals surface area contributed by atoms with Gasteiger partial charge in [0.1, 0.15) is 5.82 Å². The molecule has 2 saturated heterocycles. The van der Waals surface area contributed by atoms with Crippen LogP contribution >= 0.6 is 0 Å². The van der Waals surface area contributed by atoms with Gasteiger partial charge in [0, 0.05) is 37.0 Å². The minimum Gasteiger partial charge on any atom is -0.342 e. The third-order valence-electron chi connectivity index (χ3n) is 5.65. The van der Waals surface area contributed by atoms with Crippen LogP contribution in [-0.4, -0.2) is 57.2 Å². The van der Waals surface area contributed by atoms with Crippen molar-refractivity contribution in [1.29, 1.82) is 0 Å². The summed E-state index contributed by atoms with van der Waals surface area (Å²) in [6.07, 6.45) is 4.67. The molecule has 0 saturated carbocycles. The van der Waals surface area contributed by atoms with E-state index in [0.29, 0.717) is 30.6 Å². The first-order chi connectivity index (χ1) is 13.1. The van der Waals surface area contributed by atoms with Crippen LogP contribution < -0.4 is 5.32 Å². The van der Waals surface area contributed by atoms with Gasteiger partial charge in [0.05, 0.1) is 6.54 Å². The number of carbonyl (C=O) groups is 1. The highest BCUT2D eigenvalue weighted by molar-refractivity contribution is 5.76. The zero-order chi connectivity index (χ0) is 18.7. The number of aryl methyl sites for hydroxylation is 1. The van der Waals surface area contributed by atoms with Crippen molar-refractivity contribution < 1.29 is 9.18 Å². The molecule has 0 radical (unpaired) electrons. The SMILES string of the molecule is O=C(CCCn1nnc(-c2ccc(F)cc2)n1)N1CCC[C@@]2(CCNC2)C1. The first-order valence-electron chi connectivity index (χ1n) is 9.66. The fraction of sp³-hybridized carbons (Fsp3) is 0.579. The summed E-state index contributed by atoms with van der Waals surface area (Å²) in [5, 5.41) is 15.8. The van der Waals surface area contributed by atoms with Crippen LogP contribution in [0.5, 0.6) is 0 Å². The van der Waals surface area contributed by atoms with E-state index in [1.807, 2.05) is 4.90 Å². The number of nitrogens with one attached hydrogen (secondary N) is 1. The van der Waals surface area contributed by atoms with Gasteiger partial charge in [-0.15, -0.1) is 10.2 Å². The summed E-state index contributed by atoms with van der Waals surface area (Å²) in [5.74, 6) is 0.394. The van der Waals surface area contributed by atoms with Gasteiger partial charge in [-0.3, -0.25) is 4.79 Å². The highest BCUT2D eigenvalue weighted by Gasteiger charge is 2.39. The summed E-state index contributed by atoms with van der Waals surface area (Å²) in [7, 11) is 0. The summed E-state index contributed by atoms with van der Waals surface area (Å²) < 4.78 is 13.0. The Morgan fingerprint density at radius 1 is 1.26 bits per heavy atom. The molecule has 1 N–H and O–H groups in total. The summed E-state index contributed by atoms with van der Waals surface area (Å²) in [4.78, 5) is 16.1. The number of nitrogens with zero attached hydrogens (tertiary/aromatic N) is 5. The summed E-state index contributed by atoms with van der Waals surface area (Å²) >= 11 is 0. The Hall–Kier alpha value is -2.35. The molecule has 2 aromatic rings. The van der Waals surface area contributed by atoms with Crippen molar-refractivity contribution in [3.63, 3.8) is 0 Å². The number of hydrogen-bond acceptors (Lipinski definition) is 5. The number of likely N-dealkylation sites (tertiary alicyclic amines) is 1. The first kappa shape index (κ1) is 18.0. The molecular weight excluding hydrogens is 347 g/mol. The van der Waals surface area contributed by atoms with Crippen molar-refractivity contribution in [2.45, 2.75) is 38.6 Å². The fourth-order valence-electron chi connectivity index (χ4n) is 4.15. The molecular formula is C19H25FN6O. The zero-order valence-corrected chi connectivity index (χ0v) is 15.4. The normalized spacial score (nSPS) is 22.5. The van der Waals surface area contributed by atoms with Crippen LogP contribution in [0.2, 0.25) is 0 Å². The first-order valence-corrected chi connectivity index (χ1v) is 9.66. The fourth-order valence-corrected chi connectivity index (χ4v) is 4.15. The molecule has 2 fully saturated rings. The van der Waals surface area contributed by atoms with Gasteiger partial charge in [-0.1, -0.05) is 0 Å². The average Bonchev–Trinajstić information content (AvgIpc) is 3.32. The molecule has 1 aromatic carbocycles. The van der Waals surface area contributed by atoms with E-state index in [1.54, 1.807) is 12.1 Å². The number of rotatable bonds is 5. The lowest BCUT2D eigenvalue weighted by Crippen LogP contribution is -2.47. The van der Waals surface area contributed by atoms with E-state index in [4.69, 9.17) is 0 Å². The predicted molar refractivity (Wildman–Crippen MR) is 98.2 cm³/mol. The third-order valence-corrected chi connectivity index (χ3v) is 5.65. The van der Waals surface area contributed by atoms with Crippen LogP contribution in [0.3, 0.4) is 0 Å². The van der Waals surface area contributed by atoms with Gasteiger partial charge in [-0.25, -0.2) is 4.39 Å². The van der Waals surface area contributed by atoms with E-state index in [2.05, 4.69) is 20.7 Å². The van der Waals surface area contributed by atoms with E-state index in [9.17, 15) is 9.18 Å². The van der Waals surface area contributed by atoms with Crippen LogP contribution in [0, 0.1) is 11.2 Å². The lowest BCUT2D eigenvalue weighted by atomic mass is 9.79. The maximum absolute atomic E-state index is 13.0. The van der Waals surface area contributed by atoms with Crippen molar-refractivity contribution in [2.75, 3.05) is 26.2 Å².